The van der Waals surface area contributed by atoms with E-state index in [4.69, 9.17) is 5.11 Å². The van der Waals surface area contributed by atoms with Crippen LogP contribution in [0.25, 0.3) is 0 Å². The van der Waals surface area contributed by atoms with Crippen LogP contribution in [0, 0.1) is 5.92 Å². The second-order valence-electron chi connectivity index (χ2n) is 7.25. The van der Waals surface area contributed by atoms with Crippen LogP contribution < -0.4 is 5.32 Å². The van der Waals surface area contributed by atoms with Crippen molar-refractivity contribution in [1.29, 1.82) is 0 Å². The Bertz CT molecular complexity index is 377. The lowest BCUT2D eigenvalue weighted by molar-refractivity contribution is -0.143. The van der Waals surface area contributed by atoms with Gasteiger partial charge in [0.25, 0.3) is 0 Å². The summed E-state index contributed by atoms with van der Waals surface area (Å²) in [6.45, 7) is 5.85. The molecule has 0 bridgehead atoms. The minimum atomic E-state index is -0.957. The molecule has 0 aliphatic rings. The van der Waals surface area contributed by atoms with Crippen molar-refractivity contribution in [2.45, 2.75) is 104 Å². The number of carboxylic acid groups (broad SMARTS) is 1. The number of aliphatic carboxylic acids is 1. The summed E-state index contributed by atoms with van der Waals surface area (Å²) in [6.07, 6.45) is 18.1. The molecule has 0 aromatic rings. The molecule has 0 saturated carbocycles. The minimum absolute atomic E-state index is 0.0962. The molecule has 0 fully saturated rings. The molecule has 25 heavy (non-hydrogen) atoms. The normalized spacial score (nSPS) is 12.6. The van der Waals surface area contributed by atoms with E-state index in [1.54, 1.807) is 13.8 Å². The Morgan fingerprint density at radius 3 is 1.92 bits per heavy atom. The smallest absolute Gasteiger partial charge is 0.326 e. The first-order chi connectivity index (χ1) is 12.0. The van der Waals surface area contributed by atoms with Crippen molar-refractivity contribution in [3.05, 3.63) is 12.2 Å². The minimum Gasteiger partial charge on any atom is -0.480 e. The van der Waals surface area contributed by atoms with Gasteiger partial charge in [-0.25, -0.2) is 4.79 Å². The van der Waals surface area contributed by atoms with E-state index >= 15 is 0 Å². The highest BCUT2D eigenvalue weighted by molar-refractivity contribution is 5.83. The highest BCUT2D eigenvalue weighted by atomic mass is 16.4. The maximum absolute atomic E-state index is 11.8. The molecule has 0 saturated heterocycles. The number of carbonyl (C=O) groups excluding carboxylic acids is 1. The van der Waals surface area contributed by atoms with Crippen LogP contribution in [0.15, 0.2) is 12.2 Å². The largest absolute Gasteiger partial charge is 0.480 e. The Kier molecular flexibility index (Phi) is 15.3. The van der Waals surface area contributed by atoms with Gasteiger partial charge in [0, 0.05) is 6.42 Å². The first kappa shape index (κ1) is 23.7. The van der Waals surface area contributed by atoms with Gasteiger partial charge in [-0.05, 0) is 38.0 Å². The Labute approximate surface area is 154 Å². The molecule has 4 heteroatoms. The van der Waals surface area contributed by atoms with E-state index in [0.717, 1.165) is 25.7 Å². The number of allylic oxidation sites excluding steroid dienone is 2. The van der Waals surface area contributed by atoms with Crippen LogP contribution in [0.1, 0.15) is 97.8 Å². The number of amides is 1. The Balaban J connectivity index is 3.50. The summed E-state index contributed by atoms with van der Waals surface area (Å²) in [5, 5.41) is 11.7. The predicted octanol–water partition coefficient (Wildman–Crippen LogP) is 5.47. The van der Waals surface area contributed by atoms with Gasteiger partial charge < -0.3 is 10.4 Å². The zero-order chi connectivity index (χ0) is 18.9. The highest BCUT2D eigenvalue weighted by Gasteiger charge is 2.22. The number of unbranched alkanes of at least 4 members (excludes halogenated alkanes) is 9. The first-order valence-corrected chi connectivity index (χ1v) is 10.2. The quantitative estimate of drug-likeness (QED) is 0.286. The van der Waals surface area contributed by atoms with Gasteiger partial charge in [-0.2, -0.15) is 0 Å². The molecule has 4 nitrogen and oxygen atoms in total. The number of nitrogens with one attached hydrogen (secondary N) is 1. The van der Waals surface area contributed by atoms with Gasteiger partial charge in [-0.3, -0.25) is 4.79 Å². The summed E-state index contributed by atoms with van der Waals surface area (Å²) in [7, 11) is 0. The average molecular weight is 354 g/mol. The van der Waals surface area contributed by atoms with Crippen molar-refractivity contribution < 1.29 is 14.7 Å². The van der Waals surface area contributed by atoms with Gasteiger partial charge in [0.05, 0.1) is 0 Å². The van der Waals surface area contributed by atoms with Crippen LogP contribution in [0.2, 0.25) is 0 Å². The van der Waals surface area contributed by atoms with Gasteiger partial charge in [0.2, 0.25) is 5.91 Å². The van der Waals surface area contributed by atoms with Crippen LogP contribution in [0.3, 0.4) is 0 Å². The topological polar surface area (TPSA) is 66.4 Å². The standard InChI is InChI=1S/C21H39NO3/c1-4-5-6-7-8-9-10-11-12-13-14-15-16-17-19(23)22-20(18(2)3)21(24)25/h9-10,18,20H,4-8,11-17H2,1-3H3,(H,22,23)(H,24,25)/b10-9-. The third-order valence-electron chi connectivity index (χ3n) is 4.41. The fourth-order valence-corrected chi connectivity index (χ4v) is 2.76. The maximum Gasteiger partial charge on any atom is 0.326 e. The summed E-state index contributed by atoms with van der Waals surface area (Å²) in [4.78, 5) is 22.8. The lowest BCUT2D eigenvalue weighted by atomic mass is 10.0. The van der Waals surface area contributed by atoms with E-state index in [-0.39, 0.29) is 11.8 Å². The average Bonchev–Trinajstić information content (AvgIpc) is 2.56. The lowest BCUT2D eigenvalue weighted by Gasteiger charge is -2.17. The van der Waals surface area contributed by atoms with Crippen LogP contribution in [-0.4, -0.2) is 23.0 Å². The summed E-state index contributed by atoms with van der Waals surface area (Å²) < 4.78 is 0. The Morgan fingerprint density at radius 2 is 1.40 bits per heavy atom. The van der Waals surface area contributed by atoms with E-state index in [1.165, 1.54) is 44.9 Å². The predicted molar refractivity (Wildman–Crippen MR) is 105 cm³/mol. The molecule has 0 spiro atoms. The van der Waals surface area contributed by atoms with E-state index in [2.05, 4.69) is 24.4 Å². The molecule has 0 radical (unpaired) electrons. The zero-order valence-electron chi connectivity index (χ0n) is 16.6. The number of carbonyl (C=O) groups is 2. The molecule has 146 valence electrons. The van der Waals surface area contributed by atoms with Crippen molar-refractivity contribution in [3.8, 4) is 0 Å². The number of carboxylic acids is 1. The molecule has 1 atom stereocenters. The summed E-state index contributed by atoms with van der Waals surface area (Å²) >= 11 is 0. The van der Waals surface area contributed by atoms with E-state index in [1.807, 2.05) is 0 Å². The molecule has 1 unspecified atom stereocenters. The Hall–Kier alpha value is -1.32. The second-order valence-corrected chi connectivity index (χ2v) is 7.25. The summed E-state index contributed by atoms with van der Waals surface area (Å²) in [5.74, 6) is -1.20. The molecular formula is C21H39NO3. The number of hydrogen-bond acceptors (Lipinski definition) is 2. The SMILES string of the molecule is CCCCCC/C=C\CCCCCCCC(=O)NC(C(=O)O)C(C)C. The van der Waals surface area contributed by atoms with Gasteiger partial charge in [-0.15, -0.1) is 0 Å². The molecule has 0 aliphatic carbocycles. The van der Waals surface area contributed by atoms with Crippen LogP contribution >= 0.6 is 0 Å². The number of rotatable bonds is 16. The van der Waals surface area contributed by atoms with Crippen LogP contribution in [0.5, 0.6) is 0 Å². The van der Waals surface area contributed by atoms with Crippen molar-refractivity contribution in [2.75, 3.05) is 0 Å². The molecule has 0 aromatic heterocycles. The maximum atomic E-state index is 11.8. The highest BCUT2D eigenvalue weighted by Crippen LogP contribution is 2.09. The van der Waals surface area contributed by atoms with Crippen molar-refractivity contribution >= 4 is 11.9 Å². The molecule has 1 amide bonds. The monoisotopic (exact) mass is 353 g/mol. The molecular weight excluding hydrogens is 314 g/mol. The van der Waals surface area contributed by atoms with Crippen molar-refractivity contribution in [2.24, 2.45) is 5.92 Å². The molecule has 0 aromatic carbocycles. The fourth-order valence-electron chi connectivity index (χ4n) is 2.76. The molecule has 0 aliphatic heterocycles. The lowest BCUT2D eigenvalue weighted by Crippen LogP contribution is -2.44. The van der Waals surface area contributed by atoms with E-state index < -0.39 is 12.0 Å². The van der Waals surface area contributed by atoms with Gasteiger partial charge in [0.15, 0.2) is 0 Å². The second kappa shape index (κ2) is 16.2. The van der Waals surface area contributed by atoms with Gasteiger partial charge in [-0.1, -0.05) is 71.4 Å². The van der Waals surface area contributed by atoms with Crippen molar-refractivity contribution in [1.82, 2.24) is 5.32 Å². The third kappa shape index (κ3) is 14.7. The zero-order valence-corrected chi connectivity index (χ0v) is 16.6. The van der Waals surface area contributed by atoms with Crippen molar-refractivity contribution in [3.63, 3.8) is 0 Å². The van der Waals surface area contributed by atoms with Crippen LogP contribution in [-0.2, 0) is 9.59 Å². The Morgan fingerprint density at radius 1 is 0.880 bits per heavy atom. The van der Waals surface area contributed by atoms with Gasteiger partial charge >= 0.3 is 5.97 Å². The van der Waals surface area contributed by atoms with E-state index in [0.29, 0.717) is 6.42 Å². The summed E-state index contributed by atoms with van der Waals surface area (Å²) in [5.41, 5.74) is 0. The number of hydrogen-bond donors (Lipinski definition) is 2. The fraction of sp³-hybridized carbons (Fsp3) is 0.810. The molecule has 2 N–H and O–H groups in total. The van der Waals surface area contributed by atoms with E-state index in [9.17, 15) is 9.59 Å². The third-order valence-corrected chi connectivity index (χ3v) is 4.41. The van der Waals surface area contributed by atoms with Gasteiger partial charge in [0.1, 0.15) is 6.04 Å². The van der Waals surface area contributed by atoms with Crippen LogP contribution in [0.4, 0.5) is 0 Å². The first-order valence-electron chi connectivity index (χ1n) is 10.2. The molecule has 0 heterocycles. The summed E-state index contributed by atoms with van der Waals surface area (Å²) in [6, 6.07) is -0.777. The molecule has 0 rings (SSSR count).